The molecule has 1 saturated carbocycles. The second kappa shape index (κ2) is 7.70. The summed E-state index contributed by atoms with van der Waals surface area (Å²) < 4.78 is 5.52. The number of esters is 1. The van der Waals surface area contributed by atoms with Crippen molar-refractivity contribution in [2.75, 3.05) is 6.54 Å². The van der Waals surface area contributed by atoms with Crippen molar-refractivity contribution >= 4 is 5.97 Å². The minimum atomic E-state index is -0.0907. The van der Waals surface area contributed by atoms with Gasteiger partial charge in [0.15, 0.2) is 0 Å². The van der Waals surface area contributed by atoms with Gasteiger partial charge in [-0.3, -0.25) is 4.79 Å². The fraction of sp³-hybridized carbons (Fsp3) is 0.929. The van der Waals surface area contributed by atoms with Crippen LogP contribution >= 0.6 is 0 Å². The van der Waals surface area contributed by atoms with E-state index in [1.54, 1.807) is 0 Å². The topological polar surface area (TPSA) is 38.3 Å². The van der Waals surface area contributed by atoms with Gasteiger partial charge in [-0.15, -0.1) is 0 Å². The van der Waals surface area contributed by atoms with Crippen LogP contribution in [0.2, 0.25) is 0 Å². The van der Waals surface area contributed by atoms with E-state index in [0.29, 0.717) is 12.6 Å². The second-order valence-electron chi connectivity index (χ2n) is 5.24. The van der Waals surface area contributed by atoms with Crippen LogP contribution in [0.15, 0.2) is 0 Å². The van der Waals surface area contributed by atoms with E-state index in [0.717, 1.165) is 25.2 Å². The number of carbonyl (C=O) groups is 1. The molecule has 0 spiro atoms. The number of hydrogen-bond donors (Lipinski definition) is 1. The molecule has 0 bridgehead atoms. The van der Waals surface area contributed by atoms with Crippen molar-refractivity contribution in [3.8, 4) is 0 Å². The van der Waals surface area contributed by atoms with Crippen LogP contribution in [-0.4, -0.2) is 24.7 Å². The van der Waals surface area contributed by atoms with Gasteiger partial charge in [-0.25, -0.2) is 0 Å². The first-order chi connectivity index (χ1) is 8.15. The van der Waals surface area contributed by atoms with E-state index in [1.165, 1.54) is 19.3 Å². The van der Waals surface area contributed by atoms with Gasteiger partial charge in [0.2, 0.25) is 0 Å². The summed E-state index contributed by atoms with van der Waals surface area (Å²) in [6, 6.07) is 0.386. The summed E-state index contributed by atoms with van der Waals surface area (Å²) in [5.74, 6) is 0.663. The lowest BCUT2D eigenvalue weighted by molar-refractivity contribution is -0.150. The highest BCUT2D eigenvalue weighted by Gasteiger charge is 2.23. The van der Waals surface area contributed by atoms with Crippen LogP contribution in [0.1, 0.15) is 59.3 Å². The van der Waals surface area contributed by atoms with Gasteiger partial charge < -0.3 is 10.1 Å². The van der Waals surface area contributed by atoms with Gasteiger partial charge in [0.1, 0.15) is 6.10 Å². The van der Waals surface area contributed by atoms with Crippen LogP contribution in [0.25, 0.3) is 0 Å². The molecule has 0 aromatic rings. The monoisotopic (exact) mass is 241 g/mol. The van der Waals surface area contributed by atoms with Crippen molar-refractivity contribution in [3.63, 3.8) is 0 Å². The first-order valence-corrected chi connectivity index (χ1v) is 7.08. The Hall–Kier alpha value is -0.570. The fourth-order valence-corrected chi connectivity index (χ4v) is 2.35. The van der Waals surface area contributed by atoms with Gasteiger partial charge in [-0.1, -0.05) is 26.7 Å². The zero-order valence-electron chi connectivity index (χ0n) is 11.5. The Bertz CT molecular complexity index is 230. The normalized spacial score (nSPS) is 26.5. The molecule has 0 aliphatic heterocycles. The van der Waals surface area contributed by atoms with Crippen molar-refractivity contribution in [1.82, 2.24) is 5.32 Å². The van der Waals surface area contributed by atoms with Crippen molar-refractivity contribution in [2.24, 2.45) is 5.92 Å². The van der Waals surface area contributed by atoms with E-state index >= 15 is 0 Å². The maximum absolute atomic E-state index is 11.6. The Morgan fingerprint density at radius 2 is 2.18 bits per heavy atom. The van der Waals surface area contributed by atoms with Crippen LogP contribution in [0, 0.1) is 5.92 Å². The lowest BCUT2D eigenvalue weighted by Crippen LogP contribution is -2.34. The Balaban J connectivity index is 2.21. The summed E-state index contributed by atoms with van der Waals surface area (Å²) in [5, 5.41) is 3.17. The highest BCUT2D eigenvalue weighted by Crippen LogP contribution is 2.28. The molecule has 1 rings (SSSR count). The molecule has 17 heavy (non-hydrogen) atoms. The van der Waals surface area contributed by atoms with Gasteiger partial charge in [0.25, 0.3) is 0 Å². The SMILES string of the molecule is CCC1CCCC(OC(=O)CNC(C)CC)C1. The third kappa shape index (κ3) is 5.53. The molecule has 1 aliphatic rings. The second-order valence-corrected chi connectivity index (χ2v) is 5.24. The summed E-state index contributed by atoms with van der Waals surface area (Å²) in [6.45, 7) is 6.76. The summed E-state index contributed by atoms with van der Waals surface area (Å²) in [6.07, 6.45) is 7.02. The van der Waals surface area contributed by atoms with Crippen molar-refractivity contribution in [2.45, 2.75) is 71.4 Å². The maximum atomic E-state index is 11.6. The van der Waals surface area contributed by atoms with Gasteiger partial charge in [-0.05, 0) is 38.5 Å². The largest absolute Gasteiger partial charge is 0.461 e. The molecule has 3 atom stereocenters. The Morgan fingerprint density at radius 1 is 1.41 bits per heavy atom. The Labute approximate surface area is 105 Å². The highest BCUT2D eigenvalue weighted by molar-refractivity contribution is 5.71. The quantitative estimate of drug-likeness (QED) is 0.727. The number of carbonyl (C=O) groups excluding carboxylic acids is 1. The molecule has 0 aromatic carbocycles. The van der Waals surface area contributed by atoms with Crippen LogP contribution in [0.5, 0.6) is 0 Å². The molecule has 0 amide bonds. The zero-order valence-corrected chi connectivity index (χ0v) is 11.5. The summed E-state index contributed by atoms with van der Waals surface area (Å²) in [5.41, 5.74) is 0. The van der Waals surface area contributed by atoms with Crippen molar-refractivity contribution < 1.29 is 9.53 Å². The van der Waals surface area contributed by atoms with E-state index in [4.69, 9.17) is 4.74 Å². The molecular formula is C14H27NO2. The molecule has 0 aromatic heterocycles. The maximum Gasteiger partial charge on any atom is 0.320 e. The van der Waals surface area contributed by atoms with Crippen molar-refractivity contribution in [1.29, 1.82) is 0 Å². The predicted octanol–water partition coefficient (Wildman–Crippen LogP) is 2.89. The van der Waals surface area contributed by atoms with E-state index in [9.17, 15) is 4.79 Å². The van der Waals surface area contributed by atoms with E-state index < -0.39 is 0 Å². The standard InChI is InChI=1S/C14H27NO2/c1-4-11(3)15-10-14(16)17-13-8-6-7-12(5-2)9-13/h11-13,15H,4-10H2,1-3H3. The predicted molar refractivity (Wildman–Crippen MR) is 69.9 cm³/mol. The molecule has 3 heteroatoms. The van der Waals surface area contributed by atoms with E-state index in [1.807, 2.05) is 0 Å². The van der Waals surface area contributed by atoms with Crippen LogP contribution in [0.3, 0.4) is 0 Å². The Kier molecular flexibility index (Phi) is 6.56. The molecular weight excluding hydrogens is 214 g/mol. The smallest absolute Gasteiger partial charge is 0.320 e. The summed E-state index contributed by atoms with van der Waals surface area (Å²) >= 11 is 0. The molecule has 0 saturated heterocycles. The molecule has 100 valence electrons. The first-order valence-electron chi connectivity index (χ1n) is 7.08. The van der Waals surface area contributed by atoms with Crippen LogP contribution < -0.4 is 5.32 Å². The molecule has 3 nitrogen and oxygen atoms in total. The number of rotatable bonds is 6. The lowest BCUT2D eigenvalue weighted by Gasteiger charge is -2.28. The van der Waals surface area contributed by atoms with Gasteiger partial charge in [0, 0.05) is 6.04 Å². The van der Waals surface area contributed by atoms with Crippen LogP contribution in [-0.2, 0) is 9.53 Å². The zero-order chi connectivity index (χ0) is 12.7. The first kappa shape index (κ1) is 14.5. The minimum absolute atomic E-state index is 0.0907. The average Bonchev–Trinajstić information content (AvgIpc) is 2.36. The molecule has 0 radical (unpaired) electrons. The van der Waals surface area contributed by atoms with E-state index in [-0.39, 0.29) is 12.1 Å². The third-order valence-corrected chi connectivity index (χ3v) is 3.82. The van der Waals surface area contributed by atoms with Crippen LogP contribution in [0.4, 0.5) is 0 Å². The third-order valence-electron chi connectivity index (χ3n) is 3.82. The lowest BCUT2D eigenvalue weighted by atomic mass is 9.85. The molecule has 1 fully saturated rings. The minimum Gasteiger partial charge on any atom is -0.461 e. The molecule has 3 unspecified atom stereocenters. The number of ether oxygens (including phenoxy) is 1. The van der Waals surface area contributed by atoms with Gasteiger partial charge in [-0.2, -0.15) is 0 Å². The Morgan fingerprint density at radius 3 is 2.82 bits per heavy atom. The van der Waals surface area contributed by atoms with Gasteiger partial charge in [0.05, 0.1) is 6.54 Å². The highest BCUT2D eigenvalue weighted by atomic mass is 16.5. The molecule has 1 N–H and O–H groups in total. The summed E-state index contributed by atoms with van der Waals surface area (Å²) in [4.78, 5) is 11.6. The fourth-order valence-electron chi connectivity index (χ4n) is 2.35. The summed E-state index contributed by atoms with van der Waals surface area (Å²) in [7, 11) is 0. The number of nitrogens with one attached hydrogen (secondary N) is 1. The van der Waals surface area contributed by atoms with Gasteiger partial charge >= 0.3 is 5.97 Å². The van der Waals surface area contributed by atoms with E-state index in [2.05, 4.69) is 26.1 Å². The van der Waals surface area contributed by atoms with Crippen molar-refractivity contribution in [3.05, 3.63) is 0 Å². The molecule has 0 heterocycles. The average molecular weight is 241 g/mol. The molecule has 1 aliphatic carbocycles. The number of hydrogen-bond acceptors (Lipinski definition) is 3.